The molecule has 1 aromatic rings. The second-order valence-electron chi connectivity index (χ2n) is 6.15. The normalized spacial score (nSPS) is 24.2. The maximum absolute atomic E-state index is 11.4. The molecule has 1 aliphatic carbocycles. The van der Waals surface area contributed by atoms with Crippen LogP contribution in [0.25, 0.3) is 0 Å². The molecule has 0 N–H and O–H groups in total. The van der Waals surface area contributed by atoms with Crippen LogP contribution < -0.4 is 4.74 Å². The van der Waals surface area contributed by atoms with E-state index in [2.05, 4.69) is 0 Å². The van der Waals surface area contributed by atoms with Crippen LogP contribution in [0, 0.1) is 6.92 Å². The number of ether oxygens (including phenoxy) is 2. The Kier molecular flexibility index (Phi) is 3.55. The summed E-state index contributed by atoms with van der Waals surface area (Å²) in [5, 5.41) is 0. The molecule has 0 aromatic heterocycles. The zero-order chi connectivity index (χ0) is 14.2. The lowest BCUT2D eigenvalue weighted by molar-refractivity contribution is -0.153. The monoisotopic (exact) mass is 274 g/mol. The largest absolute Gasteiger partial charge is 0.490 e. The number of ketones is 1. The fourth-order valence-electron chi connectivity index (χ4n) is 3.18. The number of hydrogen-bond donors (Lipinski definition) is 0. The van der Waals surface area contributed by atoms with Crippen molar-refractivity contribution in [1.29, 1.82) is 0 Å². The van der Waals surface area contributed by atoms with Crippen molar-refractivity contribution in [3.63, 3.8) is 0 Å². The van der Waals surface area contributed by atoms with Crippen molar-refractivity contribution < 1.29 is 14.3 Å². The van der Waals surface area contributed by atoms with Gasteiger partial charge in [-0.05, 0) is 56.9 Å². The van der Waals surface area contributed by atoms with Gasteiger partial charge >= 0.3 is 0 Å². The Hall–Kier alpha value is -1.35. The molecule has 3 heteroatoms. The molecule has 1 heterocycles. The lowest BCUT2D eigenvalue weighted by atomic mass is 9.74. The topological polar surface area (TPSA) is 35.5 Å². The van der Waals surface area contributed by atoms with E-state index in [1.165, 1.54) is 19.3 Å². The van der Waals surface area contributed by atoms with E-state index in [1.54, 1.807) is 6.92 Å². The van der Waals surface area contributed by atoms with Crippen molar-refractivity contribution in [3.05, 3.63) is 29.3 Å². The Labute approximate surface area is 120 Å². The summed E-state index contributed by atoms with van der Waals surface area (Å²) < 4.78 is 12.1. The number of hydrogen-bond acceptors (Lipinski definition) is 3. The summed E-state index contributed by atoms with van der Waals surface area (Å²) in [5.41, 5.74) is 1.89. The predicted octanol–water partition coefficient (Wildman–Crippen LogP) is 3.68. The molecule has 1 aliphatic heterocycles. The van der Waals surface area contributed by atoms with E-state index in [9.17, 15) is 4.79 Å². The lowest BCUT2D eigenvalue weighted by Crippen LogP contribution is -2.48. The van der Waals surface area contributed by atoms with E-state index < -0.39 is 0 Å². The first-order valence-corrected chi connectivity index (χ1v) is 7.50. The van der Waals surface area contributed by atoms with Gasteiger partial charge in [0.1, 0.15) is 11.9 Å². The maximum Gasteiger partial charge on any atom is 0.159 e. The molecule has 1 saturated carbocycles. The summed E-state index contributed by atoms with van der Waals surface area (Å²) >= 11 is 0. The van der Waals surface area contributed by atoms with E-state index >= 15 is 0 Å². The minimum atomic E-state index is 0.0964. The van der Waals surface area contributed by atoms with Crippen LogP contribution in [0.5, 0.6) is 5.75 Å². The summed E-state index contributed by atoms with van der Waals surface area (Å²) in [6, 6.07) is 5.69. The van der Waals surface area contributed by atoms with Gasteiger partial charge in [-0.15, -0.1) is 0 Å². The van der Waals surface area contributed by atoms with Gasteiger partial charge in [-0.2, -0.15) is 0 Å². The Morgan fingerprint density at radius 1 is 1.40 bits per heavy atom. The molecule has 1 unspecified atom stereocenters. The third-order valence-corrected chi connectivity index (χ3v) is 4.59. The fourth-order valence-corrected chi connectivity index (χ4v) is 3.18. The van der Waals surface area contributed by atoms with Gasteiger partial charge in [0.05, 0.1) is 12.2 Å². The number of aryl methyl sites for hydroxylation is 1. The minimum Gasteiger partial charge on any atom is -0.490 e. The van der Waals surface area contributed by atoms with Crippen LogP contribution >= 0.6 is 0 Å². The maximum atomic E-state index is 11.4. The zero-order valence-corrected chi connectivity index (χ0v) is 12.3. The molecule has 1 spiro atoms. The molecule has 108 valence electrons. The van der Waals surface area contributed by atoms with Gasteiger partial charge in [0.15, 0.2) is 5.78 Å². The standard InChI is InChI=1S/C17H22O3/c1-12-10-14(13(2)18)4-5-16(12)20-15-6-9-19-17(11-15)7-3-8-17/h4-5,10,15H,3,6-9,11H2,1-2H3. The summed E-state index contributed by atoms with van der Waals surface area (Å²) in [4.78, 5) is 11.4. The van der Waals surface area contributed by atoms with E-state index in [0.29, 0.717) is 0 Å². The number of rotatable bonds is 3. The smallest absolute Gasteiger partial charge is 0.159 e. The number of benzene rings is 1. The molecule has 0 radical (unpaired) electrons. The second-order valence-corrected chi connectivity index (χ2v) is 6.15. The third kappa shape index (κ3) is 2.59. The van der Waals surface area contributed by atoms with Gasteiger partial charge in [-0.3, -0.25) is 4.79 Å². The van der Waals surface area contributed by atoms with Crippen LogP contribution in [0.4, 0.5) is 0 Å². The highest BCUT2D eigenvalue weighted by Crippen LogP contribution is 2.43. The molecule has 1 aromatic carbocycles. The van der Waals surface area contributed by atoms with Crippen LogP contribution in [0.1, 0.15) is 54.9 Å². The Bertz CT molecular complexity index is 517. The Balaban J connectivity index is 1.69. The molecule has 3 nitrogen and oxygen atoms in total. The highest BCUT2D eigenvalue weighted by molar-refractivity contribution is 5.94. The van der Waals surface area contributed by atoms with E-state index in [0.717, 1.165) is 36.3 Å². The second kappa shape index (κ2) is 5.21. The Morgan fingerprint density at radius 2 is 2.20 bits per heavy atom. The Morgan fingerprint density at radius 3 is 2.80 bits per heavy atom. The van der Waals surface area contributed by atoms with Gasteiger partial charge in [0, 0.05) is 18.4 Å². The zero-order valence-electron chi connectivity index (χ0n) is 12.3. The lowest BCUT2D eigenvalue weighted by Gasteiger charge is -2.47. The van der Waals surface area contributed by atoms with Crippen molar-refractivity contribution in [1.82, 2.24) is 0 Å². The third-order valence-electron chi connectivity index (χ3n) is 4.59. The van der Waals surface area contributed by atoms with E-state index in [-0.39, 0.29) is 17.5 Å². The van der Waals surface area contributed by atoms with Crippen LogP contribution in [0.15, 0.2) is 18.2 Å². The molecule has 2 fully saturated rings. The molecule has 1 atom stereocenters. The fraction of sp³-hybridized carbons (Fsp3) is 0.588. The molecule has 0 amide bonds. The highest BCUT2D eigenvalue weighted by atomic mass is 16.5. The quantitative estimate of drug-likeness (QED) is 0.789. The SMILES string of the molecule is CC(=O)c1ccc(OC2CCOC3(CCC3)C2)c(C)c1. The van der Waals surface area contributed by atoms with Gasteiger partial charge in [0.25, 0.3) is 0 Å². The minimum absolute atomic E-state index is 0.0964. The average Bonchev–Trinajstić information content (AvgIpc) is 2.39. The first-order valence-electron chi connectivity index (χ1n) is 7.50. The van der Waals surface area contributed by atoms with Crippen molar-refractivity contribution in [2.24, 2.45) is 0 Å². The van der Waals surface area contributed by atoms with Gasteiger partial charge in [-0.25, -0.2) is 0 Å². The predicted molar refractivity (Wildman–Crippen MR) is 77.4 cm³/mol. The molecule has 3 rings (SSSR count). The molecule has 20 heavy (non-hydrogen) atoms. The highest BCUT2D eigenvalue weighted by Gasteiger charge is 2.43. The van der Waals surface area contributed by atoms with Crippen molar-refractivity contribution in [2.75, 3.05) is 6.61 Å². The summed E-state index contributed by atoms with van der Waals surface area (Å²) in [6.45, 7) is 4.39. The van der Waals surface area contributed by atoms with E-state index in [1.807, 2.05) is 25.1 Å². The van der Waals surface area contributed by atoms with Crippen molar-refractivity contribution in [3.8, 4) is 5.75 Å². The first-order chi connectivity index (χ1) is 9.58. The average molecular weight is 274 g/mol. The molecule has 0 bridgehead atoms. The van der Waals surface area contributed by atoms with Gasteiger partial charge in [-0.1, -0.05) is 0 Å². The summed E-state index contributed by atoms with van der Waals surface area (Å²) in [6.07, 6.45) is 5.82. The number of Topliss-reactive ketones (excluding diaryl/α,β-unsaturated/α-hetero) is 1. The first kappa shape index (κ1) is 13.6. The van der Waals surface area contributed by atoms with Crippen LogP contribution in [0.3, 0.4) is 0 Å². The molecule has 1 saturated heterocycles. The van der Waals surface area contributed by atoms with Crippen LogP contribution in [-0.4, -0.2) is 24.1 Å². The van der Waals surface area contributed by atoms with Gasteiger partial charge in [0.2, 0.25) is 0 Å². The van der Waals surface area contributed by atoms with Crippen molar-refractivity contribution >= 4 is 5.78 Å². The summed E-state index contributed by atoms with van der Waals surface area (Å²) in [5.74, 6) is 0.996. The van der Waals surface area contributed by atoms with Gasteiger partial charge < -0.3 is 9.47 Å². The van der Waals surface area contributed by atoms with Crippen molar-refractivity contribution in [2.45, 2.75) is 57.7 Å². The van der Waals surface area contributed by atoms with Crippen LogP contribution in [-0.2, 0) is 4.74 Å². The van der Waals surface area contributed by atoms with Crippen LogP contribution in [0.2, 0.25) is 0 Å². The molecule has 2 aliphatic rings. The van der Waals surface area contributed by atoms with E-state index in [4.69, 9.17) is 9.47 Å². The molecular formula is C17H22O3. The number of carbonyl (C=O) groups excluding carboxylic acids is 1. The summed E-state index contributed by atoms with van der Waals surface area (Å²) in [7, 11) is 0. The number of carbonyl (C=O) groups is 1. The molecular weight excluding hydrogens is 252 g/mol.